The Kier molecular flexibility index (Phi) is 7.84. The van der Waals surface area contributed by atoms with Gasteiger partial charge in [0, 0.05) is 36.0 Å². The molecule has 0 saturated carbocycles. The number of nitrogens with zero attached hydrogens (tertiary/aromatic N) is 4. The van der Waals surface area contributed by atoms with Gasteiger partial charge >= 0.3 is 5.69 Å². The standard InChI is InChI=1S/C20H26N7O9PS2/c1-8-4-26(20(32)25-17(8)30)13-2-9(29)12(35-13)6-39-37(33,38)36-10-3-14(34-11(10)5-28)27-7-22-15-16(27)23-19(21)24-18(15)31/h4,7,9-14,28-29H,2-3,5-6H2,1H3,(H,33,38)(H,25,30,32)(H3,21,23,24,31)/p-1. The fourth-order valence-electron chi connectivity index (χ4n) is 4.50. The van der Waals surface area contributed by atoms with Crippen LogP contribution < -0.4 is 27.4 Å². The molecule has 0 aliphatic carbocycles. The number of nitrogens with two attached hydrogens (primary N) is 1. The molecule has 2 saturated heterocycles. The molecule has 0 radical (unpaired) electrons. The lowest BCUT2D eigenvalue weighted by Crippen LogP contribution is -2.33. The summed E-state index contributed by atoms with van der Waals surface area (Å²) in [5.74, 6) is -0.113. The van der Waals surface area contributed by atoms with Crippen molar-refractivity contribution in [2.24, 2.45) is 0 Å². The quantitative estimate of drug-likeness (QED) is 0.179. The van der Waals surface area contributed by atoms with Crippen molar-refractivity contribution in [3.63, 3.8) is 0 Å². The van der Waals surface area contributed by atoms with Crippen LogP contribution >= 0.6 is 17.1 Å². The molecule has 6 N–H and O–H groups in total. The molecule has 3 aromatic rings. The third-order valence-corrected chi connectivity index (χ3v) is 10.6. The maximum atomic E-state index is 13.2. The number of nitrogen functional groups attached to an aromatic ring is 1. The van der Waals surface area contributed by atoms with Crippen LogP contribution in [0.25, 0.3) is 11.2 Å². The van der Waals surface area contributed by atoms with Gasteiger partial charge in [-0.1, -0.05) is 11.8 Å². The van der Waals surface area contributed by atoms with E-state index in [0.717, 1.165) is 11.4 Å². The predicted octanol–water partition coefficient (Wildman–Crippen LogP) is -1.81. The van der Waals surface area contributed by atoms with Crippen molar-refractivity contribution in [1.82, 2.24) is 29.1 Å². The average Bonchev–Trinajstić information content (AvgIpc) is 3.56. The lowest BCUT2D eigenvalue weighted by molar-refractivity contribution is -0.180. The molecule has 2 aliphatic heterocycles. The second-order valence-electron chi connectivity index (χ2n) is 9.12. The maximum absolute atomic E-state index is 13.2. The Labute approximate surface area is 228 Å². The molecule has 19 heteroatoms. The zero-order chi connectivity index (χ0) is 28.1. The van der Waals surface area contributed by atoms with Crippen molar-refractivity contribution >= 4 is 46.0 Å². The van der Waals surface area contributed by atoms with Crippen molar-refractivity contribution in [3.05, 3.63) is 49.3 Å². The number of rotatable bonds is 8. The minimum atomic E-state index is -3.77. The molecular weight excluding hydrogens is 577 g/mol. The SMILES string of the molecule is Cc1cn(C2CC(O)C(CSP([O-])(=S)OC3CC(n4cnc5c(=O)[nH]c(N)nc54)OC3CO)O2)c(=O)[nH]c1=O. The molecule has 0 aromatic carbocycles. The predicted molar refractivity (Wildman–Crippen MR) is 140 cm³/mol. The van der Waals surface area contributed by atoms with Gasteiger partial charge in [0.05, 0.1) is 31.2 Å². The molecule has 0 spiro atoms. The Morgan fingerprint density at radius 2 is 1.95 bits per heavy atom. The van der Waals surface area contributed by atoms with Crippen LogP contribution in [0.2, 0.25) is 0 Å². The first kappa shape index (κ1) is 28.1. The van der Waals surface area contributed by atoms with Gasteiger partial charge in [0.25, 0.3) is 11.1 Å². The van der Waals surface area contributed by atoms with E-state index >= 15 is 0 Å². The molecule has 7 unspecified atom stereocenters. The number of aromatic nitrogens is 6. The van der Waals surface area contributed by atoms with Crippen molar-refractivity contribution in [2.45, 2.75) is 56.6 Å². The van der Waals surface area contributed by atoms with Gasteiger partial charge in [0.15, 0.2) is 11.2 Å². The smallest absolute Gasteiger partial charge is 0.330 e. The number of fused-ring (bicyclic) bond motifs is 1. The number of nitrogens with one attached hydrogen (secondary N) is 2. The third-order valence-electron chi connectivity index (χ3n) is 6.44. The zero-order valence-electron chi connectivity index (χ0n) is 20.3. The number of aryl methyl sites for hydroxylation is 1. The van der Waals surface area contributed by atoms with E-state index in [0.29, 0.717) is 5.56 Å². The van der Waals surface area contributed by atoms with Crippen LogP contribution in [-0.4, -0.2) is 76.1 Å². The van der Waals surface area contributed by atoms with E-state index in [1.807, 2.05) is 0 Å². The molecule has 212 valence electrons. The summed E-state index contributed by atoms with van der Waals surface area (Å²) in [5.41, 5.74) is 0.700. The number of aromatic amines is 2. The van der Waals surface area contributed by atoms with E-state index in [-0.39, 0.29) is 35.7 Å². The van der Waals surface area contributed by atoms with Gasteiger partial charge in [-0.05, 0) is 6.92 Å². The van der Waals surface area contributed by atoms with Crippen LogP contribution in [0.3, 0.4) is 0 Å². The van der Waals surface area contributed by atoms with E-state index < -0.39 is 66.0 Å². The molecule has 2 aliphatic rings. The van der Waals surface area contributed by atoms with Gasteiger partial charge in [-0.2, -0.15) is 4.98 Å². The van der Waals surface area contributed by atoms with E-state index in [4.69, 9.17) is 31.5 Å². The number of anilines is 1. The normalized spacial score (nSPS) is 28.7. The largest absolute Gasteiger partial charge is 0.793 e. The number of aliphatic hydroxyl groups excluding tert-OH is 2. The molecule has 16 nitrogen and oxygen atoms in total. The first-order valence-corrected chi connectivity index (χ1v) is 16.0. The summed E-state index contributed by atoms with van der Waals surface area (Å²) in [7, 11) is 0. The molecule has 39 heavy (non-hydrogen) atoms. The summed E-state index contributed by atoms with van der Waals surface area (Å²) in [6, 6.07) is 0. The number of hydrogen-bond donors (Lipinski definition) is 5. The third kappa shape index (κ3) is 5.75. The molecule has 5 heterocycles. The van der Waals surface area contributed by atoms with E-state index in [9.17, 15) is 29.5 Å². The number of hydrogen-bond acceptors (Lipinski definition) is 14. The van der Waals surface area contributed by atoms with E-state index in [1.54, 1.807) is 0 Å². The molecule has 5 rings (SSSR count). The van der Waals surface area contributed by atoms with E-state index in [2.05, 4.69) is 19.9 Å². The lowest BCUT2D eigenvalue weighted by Gasteiger charge is -2.32. The fraction of sp³-hybridized carbons (Fsp3) is 0.550. The highest BCUT2D eigenvalue weighted by atomic mass is 32.9. The lowest BCUT2D eigenvalue weighted by atomic mass is 10.2. The number of aliphatic hydroxyl groups is 2. The fourth-order valence-corrected chi connectivity index (χ4v) is 8.12. The first-order valence-electron chi connectivity index (χ1n) is 11.7. The molecule has 0 amide bonds. The Morgan fingerprint density at radius 3 is 2.69 bits per heavy atom. The van der Waals surface area contributed by atoms with Gasteiger partial charge in [-0.25, -0.2) is 9.78 Å². The molecular formula is C20H25N7O9PS2-. The second-order valence-corrected chi connectivity index (χ2v) is 15.2. The molecule has 0 bridgehead atoms. The highest BCUT2D eigenvalue weighted by molar-refractivity contribution is 8.67. The zero-order valence-corrected chi connectivity index (χ0v) is 22.9. The Balaban J connectivity index is 1.23. The van der Waals surface area contributed by atoms with Gasteiger partial charge in [-0.3, -0.25) is 28.7 Å². The number of imidazole rings is 1. The Bertz CT molecular complexity index is 1610. The van der Waals surface area contributed by atoms with Crippen LogP contribution in [0.5, 0.6) is 0 Å². The monoisotopic (exact) mass is 602 g/mol. The Hall–Kier alpha value is -2.41. The van der Waals surface area contributed by atoms with E-state index in [1.165, 1.54) is 28.6 Å². The summed E-state index contributed by atoms with van der Waals surface area (Å²) in [5, 5.41) is 20.3. The van der Waals surface area contributed by atoms with Crippen LogP contribution in [0.1, 0.15) is 30.9 Å². The van der Waals surface area contributed by atoms with Gasteiger partial charge in [0.2, 0.25) is 5.95 Å². The van der Waals surface area contributed by atoms with Crippen molar-refractivity contribution in [1.29, 1.82) is 0 Å². The maximum Gasteiger partial charge on any atom is 0.330 e. The highest BCUT2D eigenvalue weighted by Crippen LogP contribution is 2.56. The summed E-state index contributed by atoms with van der Waals surface area (Å²) >= 11 is 5.99. The number of H-pyrrole nitrogens is 2. The van der Waals surface area contributed by atoms with Crippen LogP contribution in [0.4, 0.5) is 5.95 Å². The van der Waals surface area contributed by atoms with Gasteiger partial charge < -0.3 is 34.8 Å². The van der Waals surface area contributed by atoms with Crippen molar-refractivity contribution < 1.29 is 29.1 Å². The highest BCUT2D eigenvalue weighted by Gasteiger charge is 2.40. The Morgan fingerprint density at radius 1 is 1.23 bits per heavy atom. The first-order chi connectivity index (χ1) is 18.5. The van der Waals surface area contributed by atoms with Crippen LogP contribution in [-0.2, 0) is 25.8 Å². The summed E-state index contributed by atoms with van der Waals surface area (Å²) in [6.45, 7) is 1.08. The van der Waals surface area contributed by atoms with Gasteiger partial charge in [-0.15, -0.1) is 11.4 Å². The summed E-state index contributed by atoms with van der Waals surface area (Å²) in [6.07, 6.45) is -2.24. The van der Waals surface area contributed by atoms with Crippen LogP contribution in [0, 0.1) is 6.92 Å². The second kappa shape index (κ2) is 10.9. The summed E-state index contributed by atoms with van der Waals surface area (Å²) < 4.78 is 20.0. The van der Waals surface area contributed by atoms with Crippen molar-refractivity contribution in [3.8, 4) is 0 Å². The van der Waals surface area contributed by atoms with Crippen LogP contribution in [0.15, 0.2) is 26.9 Å². The minimum absolute atomic E-state index is 0.00550. The molecule has 7 atom stereocenters. The van der Waals surface area contributed by atoms with Crippen molar-refractivity contribution in [2.75, 3.05) is 18.1 Å². The van der Waals surface area contributed by atoms with Gasteiger partial charge in [0.1, 0.15) is 18.6 Å². The minimum Gasteiger partial charge on any atom is -0.793 e. The molecule has 2 fully saturated rings. The average molecular weight is 603 g/mol. The summed E-state index contributed by atoms with van der Waals surface area (Å²) in [4.78, 5) is 61.7. The number of ether oxygens (including phenoxy) is 2. The topological polar surface area (TPSA) is 236 Å². The molecule has 3 aromatic heterocycles.